The Morgan fingerprint density at radius 1 is 1.35 bits per heavy atom. The number of unbranched alkanes of at least 4 members (excludes halogenated alkanes) is 3. The average molecular weight is 248 g/mol. The predicted molar refractivity (Wildman–Crippen MR) is 62.5 cm³/mol. The Labute approximate surface area is 125 Å². The maximum atomic E-state index is 13.3. The zero-order valence-corrected chi connectivity index (χ0v) is 12.5. The third kappa shape index (κ3) is 6.20. The zero-order chi connectivity index (χ0) is 11.8. The Kier molecular flexibility index (Phi) is 9.41. The van der Waals surface area contributed by atoms with Crippen molar-refractivity contribution in [3.05, 3.63) is 29.6 Å². The van der Waals surface area contributed by atoms with Gasteiger partial charge in [-0.1, -0.05) is 26.2 Å². The number of benzene rings is 1. The molecule has 0 bridgehead atoms. The van der Waals surface area contributed by atoms with Gasteiger partial charge in [0.05, 0.1) is 6.61 Å². The molecule has 17 heavy (non-hydrogen) atoms. The molecule has 0 heterocycles. The van der Waals surface area contributed by atoms with Crippen LogP contribution in [0.15, 0.2) is 18.2 Å². The first-order valence-corrected chi connectivity index (χ1v) is 5.65. The fraction of sp³-hybridized carbons (Fsp3) is 0.462. The topological polar surface area (TPSA) is 26.3 Å². The third-order valence-electron chi connectivity index (χ3n) is 2.35. The van der Waals surface area contributed by atoms with Crippen LogP contribution in [-0.4, -0.2) is 12.9 Å². The Balaban J connectivity index is 0. The Bertz CT molecular complexity index is 348. The third-order valence-corrected chi connectivity index (χ3v) is 2.35. The molecule has 0 spiro atoms. The van der Waals surface area contributed by atoms with Gasteiger partial charge in [-0.2, -0.15) is 0 Å². The smallest absolute Gasteiger partial charge is 1.00 e. The molecule has 0 atom stereocenters. The van der Waals surface area contributed by atoms with Crippen LogP contribution in [0.5, 0.6) is 5.75 Å². The van der Waals surface area contributed by atoms with Gasteiger partial charge in [0, 0.05) is 5.56 Å². The molecule has 0 unspecified atom stereocenters. The van der Waals surface area contributed by atoms with Gasteiger partial charge in [0.2, 0.25) is 0 Å². The van der Waals surface area contributed by atoms with E-state index in [1.807, 2.05) is 0 Å². The number of carbonyl (C=O) groups is 1. The first-order chi connectivity index (χ1) is 7.77. The summed E-state index contributed by atoms with van der Waals surface area (Å²) in [4.78, 5) is 10.4. The van der Waals surface area contributed by atoms with Crippen molar-refractivity contribution in [1.29, 1.82) is 0 Å². The number of hydrogen-bond donors (Lipinski definition) is 0. The molecule has 0 aliphatic rings. The molecule has 0 radical (unpaired) electrons. The predicted octanol–water partition coefficient (Wildman–Crippen LogP) is 0.714. The molecule has 1 aromatic rings. The number of aldehydes is 1. The average Bonchev–Trinajstić information content (AvgIpc) is 2.30. The number of carbonyl (C=O) groups excluding carboxylic acids is 1. The second-order valence-corrected chi connectivity index (χ2v) is 3.72. The summed E-state index contributed by atoms with van der Waals surface area (Å²) in [6, 6.07) is 4.24. The molecule has 2 nitrogen and oxygen atoms in total. The van der Waals surface area contributed by atoms with E-state index in [1.165, 1.54) is 25.0 Å². The fourth-order valence-corrected chi connectivity index (χ4v) is 1.42. The van der Waals surface area contributed by atoms with Gasteiger partial charge in [-0.15, -0.1) is 0 Å². The standard InChI is InChI=1S/C13H17FO2.Na.H/c1-2-3-4-5-8-16-13-7-6-11(10-15)9-12(13)14;;/h6-7,9-10H,2-5,8H2,1H3;;/q;+1;-1. The van der Waals surface area contributed by atoms with Crippen LogP contribution in [0.25, 0.3) is 0 Å². The van der Waals surface area contributed by atoms with Crippen molar-refractivity contribution < 1.29 is 44.9 Å². The van der Waals surface area contributed by atoms with Crippen molar-refractivity contribution in [3.63, 3.8) is 0 Å². The first kappa shape index (κ1) is 16.6. The summed E-state index contributed by atoms with van der Waals surface area (Å²) in [6.45, 7) is 2.66. The summed E-state index contributed by atoms with van der Waals surface area (Å²) in [5.74, 6) is -0.248. The zero-order valence-electron chi connectivity index (χ0n) is 11.5. The summed E-state index contributed by atoms with van der Waals surface area (Å²) in [5.41, 5.74) is 0.329. The summed E-state index contributed by atoms with van der Waals surface area (Å²) in [6.07, 6.45) is 5.00. The quantitative estimate of drug-likeness (QED) is 0.403. The molecule has 0 aromatic heterocycles. The second kappa shape index (κ2) is 9.63. The number of hydrogen-bond acceptors (Lipinski definition) is 2. The van der Waals surface area contributed by atoms with E-state index in [0.29, 0.717) is 18.5 Å². The van der Waals surface area contributed by atoms with Crippen molar-refractivity contribution >= 4 is 6.29 Å². The Morgan fingerprint density at radius 2 is 2.12 bits per heavy atom. The van der Waals surface area contributed by atoms with Gasteiger partial charge in [0.15, 0.2) is 11.6 Å². The van der Waals surface area contributed by atoms with Gasteiger partial charge in [0.1, 0.15) is 6.29 Å². The van der Waals surface area contributed by atoms with Gasteiger partial charge < -0.3 is 6.16 Å². The fourth-order valence-electron chi connectivity index (χ4n) is 1.42. The maximum absolute atomic E-state index is 13.3. The van der Waals surface area contributed by atoms with Crippen molar-refractivity contribution in [1.82, 2.24) is 0 Å². The second-order valence-electron chi connectivity index (χ2n) is 3.72. The van der Waals surface area contributed by atoms with Crippen molar-refractivity contribution in [3.8, 4) is 5.75 Å². The maximum Gasteiger partial charge on any atom is 1.00 e. The molecule has 0 saturated heterocycles. The first-order valence-electron chi connectivity index (χ1n) is 5.65. The van der Waals surface area contributed by atoms with Crippen LogP contribution < -0.4 is 34.3 Å². The van der Waals surface area contributed by atoms with Gasteiger partial charge in [0.25, 0.3) is 0 Å². The molecule has 0 amide bonds. The van der Waals surface area contributed by atoms with Gasteiger partial charge >= 0.3 is 29.6 Å². The number of rotatable bonds is 7. The van der Waals surface area contributed by atoms with Crippen LogP contribution in [0.2, 0.25) is 0 Å². The molecule has 0 aliphatic heterocycles. The van der Waals surface area contributed by atoms with E-state index in [2.05, 4.69) is 6.92 Å². The minimum atomic E-state index is -0.472. The molecule has 0 N–H and O–H groups in total. The summed E-state index contributed by atoms with van der Waals surface area (Å²) >= 11 is 0. The van der Waals surface area contributed by atoms with Crippen LogP contribution in [0.3, 0.4) is 0 Å². The molecule has 1 rings (SSSR count). The van der Waals surface area contributed by atoms with Crippen LogP contribution in [-0.2, 0) is 0 Å². The summed E-state index contributed by atoms with van der Waals surface area (Å²) in [7, 11) is 0. The molecule has 1 aromatic carbocycles. The number of halogens is 1. The summed E-state index contributed by atoms with van der Waals surface area (Å²) in [5, 5.41) is 0. The molecular formula is C13H18FNaO2. The number of ether oxygens (including phenoxy) is 1. The minimum Gasteiger partial charge on any atom is -1.00 e. The van der Waals surface area contributed by atoms with E-state index >= 15 is 0 Å². The Hall–Kier alpha value is -0.380. The molecule has 4 heteroatoms. The minimum absolute atomic E-state index is 0. The molecular weight excluding hydrogens is 230 g/mol. The van der Waals surface area contributed by atoms with Crippen LogP contribution in [0.4, 0.5) is 4.39 Å². The van der Waals surface area contributed by atoms with E-state index in [1.54, 1.807) is 6.07 Å². The monoisotopic (exact) mass is 248 g/mol. The Morgan fingerprint density at radius 3 is 2.71 bits per heavy atom. The molecule has 0 fully saturated rings. The normalized spacial score (nSPS) is 9.53. The largest absolute Gasteiger partial charge is 1.00 e. The van der Waals surface area contributed by atoms with Crippen molar-refractivity contribution in [2.75, 3.05) is 6.61 Å². The molecule has 90 valence electrons. The van der Waals surface area contributed by atoms with Crippen molar-refractivity contribution in [2.24, 2.45) is 0 Å². The van der Waals surface area contributed by atoms with E-state index < -0.39 is 5.82 Å². The van der Waals surface area contributed by atoms with Crippen molar-refractivity contribution in [2.45, 2.75) is 32.6 Å². The van der Waals surface area contributed by atoms with Gasteiger partial charge in [-0.25, -0.2) is 4.39 Å². The van der Waals surface area contributed by atoms with E-state index in [0.717, 1.165) is 12.8 Å². The SMILES string of the molecule is CCCCCCOc1ccc(C=O)cc1F.[H-].[Na+]. The van der Waals surface area contributed by atoms with Crippen LogP contribution in [0.1, 0.15) is 44.4 Å². The van der Waals surface area contributed by atoms with Gasteiger partial charge in [-0.05, 0) is 24.6 Å². The van der Waals surface area contributed by atoms with E-state index in [4.69, 9.17) is 4.74 Å². The van der Waals surface area contributed by atoms with Gasteiger partial charge in [-0.3, -0.25) is 4.79 Å². The van der Waals surface area contributed by atoms with Crippen LogP contribution >= 0.6 is 0 Å². The van der Waals surface area contributed by atoms with Crippen LogP contribution in [0, 0.1) is 5.82 Å². The molecule has 0 aliphatic carbocycles. The molecule has 0 saturated carbocycles. The van der Waals surface area contributed by atoms with E-state index in [9.17, 15) is 9.18 Å². The van der Waals surface area contributed by atoms with E-state index in [-0.39, 0.29) is 36.7 Å². The summed E-state index contributed by atoms with van der Waals surface area (Å²) < 4.78 is 18.6.